The van der Waals surface area contributed by atoms with Crippen molar-refractivity contribution >= 4 is 27.3 Å². The van der Waals surface area contributed by atoms with Crippen LogP contribution in [0.2, 0.25) is 0 Å². The lowest BCUT2D eigenvalue weighted by molar-refractivity contribution is -0.122. The normalized spacial score (nSPS) is 12.8. The van der Waals surface area contributed by atoms with Gasteiger partial charge >= 0.3 is 0 Å². The summed E-state index contributed by atoms with van der Waals surface area (Å²) in [4.78, 5) is 13.1. The van der Waals surface area contributed by atoms with Crippen LogP contribution in [0.15, 0.2) is 46.7 Å². The Morgan fingerprint density at radius 3 is 2.45 bits per heavy atom. The molecular weight excluding hydrogens is 320 g/mol. The van der Waals surface area contributed by atoms with Crippen molar-refractivity contribution in [1.82, 2.24) is 5.32 Å². The second kappa shape index (κ2) is 7.04. The first kappa shape index (κ1) is 16.7. The van der Waals surface area contributed by atoms with Gasteiger partial charge in [0.25, 0.3) is 0 Å². The van der Waals surface area contributed by atoms with Crippen molar-refractivity contribution in [1.29, 1.82) is 0 Å². The average molecular weight is 338 g/mol. The summed E-state index contributed by atoms with van der Waals surface area (Å²) in [5.74, 6) is -0.280. The monoisotopic (exact) mass is 338 g/mol. The number of nitrogens with two attached hydrogens (primary N) is 1. The van der Waals surface area contributed by atoms with Gasteiger partial charge in [-0.05, 0) is 24.1 Å². The van der Waals surface area contributed by atoms with Crippen molar-refractivity contribution in [3.05, 3.63) is 52.9 Å². The van der Waals surface area contributed by atoms with E-state index in [-0.39, 0.29) is 16.0 Å². The summed E-state index contributed by atoms with van der Waals surface area (Å²) in [7, 11) is -3.68. The number of nitrogens with one attached hydrogen (secondary N) is 1. The number of thiophene rings is 1. The van der Waals surface area contributed by atoms with Gasteiger partial charge in [-0.25, -0.2) is 13.6 Å². The van der Waals surface area contributed by atoms with Gasteiger partial charge in [0.15, 0.2) is 0 Å². The zero-order valence-corrected chi connectivity index (χ0v) is 13.8. The van der Waals surface area contributed by atoms with Gasteiger partial charge in [0.05, 0.1) is 12.5 Å². The van der Waals surface area contributed by atoms with Crippen LogP contribution in [-0.4, -0.2) is 14.3 Å². The maximum atomic E-state index is 12.3. The highest BCUT2D eigenvalue weighted by Crippen LogP contribution is 2.22. The van der Waals surface area contributed by atoms with Crippen molar-refractivity contribution in [2.75, 3.05) is 0 Å². The second-order valence-corrected chi connectivity index (χ2v) is 7.81. The quantitative estimate of drug-likeness (QED) is 0.846. The fourth-order valence-corrected chi connectivity index (χ4v) is 3.88. The molecule has 1 aromatic carbocycles. The summed E-state index contributed by atoms with van der Waals surface area (Å²) in [6, 6.07) is 12.7. The molecule has 1 amide bonds. The van der Waals surface area contributed by atoms with Gasteiger partial charge in [0, 0.05) is 4.88 Å². The Bertz CT molecular complexity index is 739. The van der Waals surface area contributed by atoms with Crippen LogP contribution >= 0.6 is 11.3 Å². The second-order valence-electron chi connectivity index (χ2n) is 4.86. The van der Waals surface area contributed by atoms with E-state index >= 15 is 0 Å². The van der Waals surface area contributed by atoms with Crippen LogP contribution in [0.5, 0.6) is 0 Å². The smallest absolute Gasteiger partial charge is 0.247 e. The van der Waals surface area contributed by atoms with Gasteiger partial charge in [0.2, 0.25) is 15.9 Å². The van der Waals surface area contributed by atoms with E-state index in [0.717, 1.165) is 21.8 Å². The van der Waals surface area contributed by atoms with Crippen molar-refractivity contribution in [2.45, 2.75) is 30.0 Å². The number of hydrogen-bond donors (Lipinski definition) is 2. The molecule has 118 valence electrons. The molecule has 2 aromatic rings. The molecule has 2 rings (SSSR count). The SMILES string of the molecule is CCC(C(=O)NCc1ccc(S(N)(=O)=O)s1)c1ccccc1. The first-order valence-electron chi connectivity index (χ1n) is 6.86. The molecule has 1 atom stereocenters. The number of carbonyl (C=O) groups is 1. The zero-order valence-electron chi connectivity index (χ0n) is 12.2. The molecule has 3 N–H and O–H groups in total. The lowest BCUT2D eigenvalue weighted by atomic mass is 9.96. The van der Waals surface area contributed by atoms with Gasteiger partial charge in [-0.3, -0.25) is 4.79 Å². The fourth-order valence-electron chi connectivity index (χ4n) is 2.16. The minimum atomic E-state index is -3.68. The minimum absolute atomic E-state index is 0.0701. The van der Waals surface area contributed by atoms with Crippen molar-refractivity contribution < 1.29 is 13.2 Å². The topological polar surface area (TPSA) is 89.3 Å². The van der Waals surface area contributed by atoms with E-state index < -0.39 is 10.0 Å². The molecule has 1 heterocycles. The minimum Gasteiger partial charge on any atom is -0.351 e. The lowest BCUT2D eigenvalue weighted by Crippen LogP contribution is -2.28. The van der Waals surface area contributed by atoms with Gasteiger partial charge in [-0.2, -0.15) is 0 Å². The Labute approximate surface area is 134 Å². The number of hydrogen-bond acceptors (Lipinski definition) is 4. The molecule has 0 saturated carbocycles. The summed E-state index contributed by atoms with van der Waals surface area (Å²) in [6.07, 6.45) is 0.697. The highest BCUT2D eigenvalue weighted by atomic mass is 32.2. The first-order chi connectivity index (χ1) is 10.4. The van der Waals surface area contributed by atoms with Crippen molar-refractivity contribution in [3.8, 4) is 0 Å². The number of carbonyl (C=O) groups excluding carboxylic acids is 1. The third-order valence-electron chi connectivity index (χ3n) is 3.28. The molecule has 0 fully saturated rings. The van der Waals surface area contributed by atoms with E-state index in [1.54, 1.807) is 6.07 Å². The van der Waals surface area contributed by atoms with Gasteiger partial charge < -0.3 is 5.32 Å². The molecular formula is C15H18N2O3S2. The van der Waals surface area contributed by atoms with Gasteiger partial charge in [-0.15, -0.1) is 11.3 Å². The van der Waals surface area contributed by atoms with Crippen LogP contribution in [0.4, 0.5) is 0 Å². The number of primary sulfonamides is 1. The zero-order chi connectivity index (χ0) is 16.2. The molecule has 1 aromatic heterocycles. The molecule has 5 nitrogen and oxygen atoms in total. The predicted octanol–water partition coefficient (Wildman–Crippen LogP) is 2.21. The maximum absolute atomic E-state index is 12.3. The number of amides is 1. The summed E-state index contributed by atoms with van der Waals surface area (Å²) < 4.78 is 22.6. The average Bonchev–Trinajstić information content (AvgIpc) is 2.96. The van der Waals surface area contributed by atoms with E-state index in [4.69, 9.17) is 5.14 Å². The van der Waals surface area contributed by atoms with E-state index in [1.165, 1.54) is 6.07 Å². The molecule has 0 bridgehead atoms. The fraction of sp³-hybridized carbons (Fsp3) is 0.267. The van der Waals surface area contributed by atoms with Gasteiger partial charge in [0.1, 0.15) is 4.21 Å². The summed E-state index contributed by atoms with van der Waals surface area (Å²) in [5, 5.41) is 7.92. The largest absolute Gasteiger partial charge is 0.351 e. The molecule has 22 heavy (non-hydrogen) atoms. The highest BCUT2D eigenvalue weighted by molar-refractivity contribution is 7.91. The molecule has 0 aliphatic rings. The first-order valence-corrected chi connectivity index (χ1v) is 9.22. The molecule has 0 saturated heterocycles. The number of sulfonamides is 1. The van der Waals surface area contributed by atoms with E-state index in [1.807, 2.05) is 37.3 Å². The molecule has 0 aliphatic carbocycles. The highest BCUT2D eigenvalue weighted by Gasteiger charge is 2.18. The molecule has 7 heteroatoms. The van der Waals surface area contributed by atoms with Crippen molar-refractivity contribution in [3.63, 3.8) is 0 Å². The molecule has 0 radical (unpaired) electrons. The predicted molar refractivity (Wildman–Crippen MR) is 87.0 cm³/mol. The van der Waals surface area contributed by atoms with Crippen LogP contribution in [0.25, 0.3) is 0 Å². The number of rotatable bonds is 6. The Balaban J connectivity index is 2.01. The summed E-state index contributed by atoms with van der Waals surface area (Å²) in [5.41, 5.74) is 0.971. The molecule has 0 spiro atoms. The van der Waals surface area contributed by atoms with Crippen LogP contribution in [0.1, 0.15) is 29.7 Å². The van der Waals surface area contributed by atoms with Crippen LogP contribution in [0, 0.1) is 0 Å². The van der Waals surface area contributed by atoms with E-state index in [2.05, 4.69) is 5.32 Å². The van der Waals surface area contributed by atoms with Crippen LogP contribution < -0.4 is 10.5 Å². The lowest BCUT2D eigenvalue weighted by Gasteiger charge is -2.15. The molecule has 0 aliphatic heterocycles. The number of benzene rings is 1. The molecule has 1 unspecified atom stereocenters. The Morgan fingerprint density at radius 1 is 1.23 bits per heavy atom. The summed E-state index contributed by atoms with van der Waals surface area (Å²) in [6.45, 7) is 2.25. The van der Waals surface area contributed by atoms with E-state index in [9.17, 15) is 13.2 Å². The van der Waals surface area contributed by atoms with Crippen LogP contribution in [0.3, 0.4) is 0 Å². The third-order valence-corrected chi connectivity index (χ3v) is 5.80. The summed E-state index contributed by atoms with van der Waals surface area (Å²) >= 11 is 1.07. The standard InChI is InChI=1S/C15H18N2O3S2/c1-2-13(11-6-4-3-5-7-11)15(18)17-10-12-8-9-14(21-12)22(16,19)20/h3-9,13H,2,10H2,1H3,(H,17,18)(H2,16,19,20). The third kappa shape index (κ3) is 4.16. The Morgan fingerprint density at radius 2 is 1.91 bits per heavy atom. The maximum Gasteiger partial charge on any atom is 0.247 e. The van der Waals surface area contributed by atoms with E-state index in [0.29, 0.717) is 13.0 Å². The van der Waals surface area contributed by atoms with Gasteiger partial charge in [-0.1, -0.05) is 37.3 Å². The van der Waals surface area contributed by atoms with Crippen molar-refractivity contribution in [2.24, 2.45) is 5.14 Å². The van der Waals surface area contributed by atoms with Crippen LogP contribution in [-0.2, 0) is 21.4 Å². The Hall–Kier alpha value is -1.70. The Kier molecular flexibility index (Phi) is 5.33.